The van der Waals surface area contributed by atoms with Crippen LogP contribution in [0.4, 0.5) is 5.69 Å². The van der Waals surface area contributed by atoms with E-state index in [4.69, 9.17) is 4.74 Å². The molecule has 0 atom stereocenters. The van der Waals surface area contributed by atoms with E-state index in [1.54, 1.807) is 23.9 Å². The summed E-state index contributed by atoms with van der Waals surface area (Å²) in [6.45, 7) is 2.06. The van der Waals surface area contributed by atoms with Crippen molar-refractivity contribution < 1.29 is 17.9 Å². The van der Waals surface area contributed by atoms with Gasteiger partial charge in [-0.3, -0.25) is 9.10 Å². The van der Waals surface area contributed by atoms with Gasteiger partial charge >= 0.3 is 0 Å². The fourth-order valence-corrected chi connectivity index (χ4v) is 4.29. The van der Waals surface area contributed by atoms with Crippen molar-refractivity contribution in [3.05, 3.63) is 54.1 Å². The van der Waals surface area contributed by atoms with Gasteiger partial charge < -0.3 is 10.1 Å². The lowest BCUT2D eigenvalue weighted by Crippen LogP contribution is -2.40. The van der Waals surface area contributed by atoms with Crippen LogP contribution < -0.4 is 14.4 Å². The highest BCUT2D eigenvalue weighted by atomic mass is 32.2. The number of thioether (sulfide) groups is 1. The number of benzene rings is 2. The highest BCUT2D eigenvalue weighted by Gasteiger charge is 2.24. The number of nitrogens with one attached hydrogen (secondary N) is 1. The lowest BCUT2D eigenvalue weighted by molar-refractivity contribution is -0.119. The van der Waals surface area contributed by atoms with Crippen molar-refractivity contribution in [2.24, 2.45) is 0 Å². The number of amides is 1. The second-order valence-corrected chi connectivity index (χ2v) is 9.39. The topological polar surface area (TPSA) is 75.7 Å². The molecule has 0 saturated heterocycles. The van der Waals surface area contributed by atoms with Gasteiger partial charge in [-0.15, -0.1) is 11.8 Å². The van der Waals surface area contributed by atoms with Gasteiger partial charge in [-0.05, 0) is 48.9 Å². The van der Waals surface area contributed by atoms with Crippen LogP contribution in [-0.4, -0.2) is 46.5 Å². The Morgan fingerprint density at radius 3 is 2.54 bits per heavy atom. The molecule has 0 bridgehead atoms. The second kappa shape index (κ2) is 10.4. The molecule has 0 heterocycles. The maximum Gasteiger partial charge on any atom is 0.240 e. The molecule has 0 unspecified atom stereocenters. The van der Waals surface area contributed by atoms with Crippen molar-refractivity contribution in [2.75, 3.05) is 36.5 Å². The van der Waals surface area contributed by atoms with Gasteiger partial charge in [-0.1, -0.05) is 24.3 Å². The predicted molar refractivity (Wildman–Crippen MR) is 115 cm³/mol. The van der Waals surface area contributed by atoms with Crippen LogP contribution in [0.2, 0.25) is 0 Å². The summed E-state index contributed by atoms with van der Waals surface area (Å²) in [7, 11) is -2.17. The minimum atomic E-state index is -3.65. The van der Waals surface area contributed by atoms with E-state index in [-0.39, 0.29) is 12.5 Å². The van der Waals surface area contributed by atoms with Crippen LogP contribution >= 0.6 is 11.8 Å². The van der Waals surface area contributed by atoms with Crippen LogP contribution in [0.1, 0.15) is 12.0 Å². The van der Waals surface area contributed by atoms with E-state index in [0.29, 0.717) is 18.0 Å². The third-order valence-electron chi connectivity index (χ3n) is 3.95. The number of hydrogen-bond acceptors (Lipinski definition) is 5. The number of carbonyl (C=O) groups excluding carboxylic acids is 1. The molecule has 0 radical (unpaired) electrons. The fourth-order valence-electron chi connectivity index (χ4n) is 2.57. The molecule has 152 valence electrons. The summed E-state index contributed by atoms with van der Waals surface area (Å²) in [4.78, 5) is 13.5. The Hall–Kier alpha value is -2.19. The number of hydrogen-bond donors (Lipinski definition) is 1. The molecule has 2 aromatic rings. The van der Waals surface area contributed by atoms with Crippen molar-refractivity contribution in [1.82, 2.24) is 5.32 Å². The van der Waals surface area contributed by atoms with Gasteiger partial charge in [0.2, 0.25) is 15.9 Å². The van der Waals surface area contributed by atoms with Crippen LogP contribution in [0.15, 0.2) is 53.4 Å². The van der Waals surface area contributed by atoms with E-state index in [2.05, 4.69) is 5.32 Å². The zero-order valence-corrected chi connectivity index (χ0v) is 18.0. The Labute approximate surface area is 171 Å². The number of rotatable bonds is 10. The van der Waals surface area contributed by atoms with Crippen LogP contribution in [0.3, 0.4) is 0 Å². The Kier molecular flexibility index (Phi) is 8.19. The number of methoxy groups -OCH3 is 1. The summed E-state index contributed by atoms with van der Waals surface area (Å²) in [6, 6.07) is 15.3. The van der Waals surface area contributed by atoms with Gasteiger partial charge in [0.05, 0.1) is 19.1 Å². The van der Waals surface area contributed by atoms with Crippen molar-refractivity contribution in [3.8, 4) is 5.75 Å². The smallest absolute Gasteiger partial charge is 0.240 e. The van der Waals surface area contributed by atoms with E-state index in [1.807, 2.05) is 43.3 Å². The molecule has 1 N–H and O–H groups in total. The van der Waals surface area contributed by atoms with Gasteiger partial charge in [0.1, 0.15) is 12.3 Å². The second-order valence-electron chi connectivity index (χ2n) is 6.31. The molecule has 28 heavy (non-hydrogen) atoms. The molecule has 0 fully saturated rings. The number of nitrogens with zero attached hydrogens (tertiary/aromatic N) is 1. The number of aryl methyl sites for hydroxylation is 1. The maximum atomic E-state index is 12.3. The molecule has 0 aliphatic heterocycles. The number of anilines is 1. The summed E-state index contributed by atoms with van der Waals surface area (Å²) in [6.07, 6.45) is 1.87. The van der Waals surface area contributed by atoms with Crippen LogP contribution in [0, 0.1) is 6.92 Å². The Morgan fingerprint density at radius 1 is 1.18 bits per heavy atom. The molecule has 0 aliphatic carbocycles. The fraction of sp³-hybridized carbons (Fsp3) is 0.350. The summed E-state index contributed by atoms with van der Waals surface area (Å²) in [5.74, 6) is 0.924. The molecule has 0 saturated carbocycles. The van der Waals surface area contributed by atoms with Crippen LogP contribution in [0.5, 0.6) is 5.75 Å². The Morgan fingerprint density at radius 2 is 1.89 bits per heavy atom. The molecule has 6 nitrogen and oxygen atoms in total. The molecule has 0 aromatic heterocycles. The zero-order chi connectivity index (χ0) is 20.6. The average molecular weight is 423 g/mol. The first-order valence-electron chi connectivity index (χ1n) is 8.88. The van der Waals surface area contributed by atoms with Crippen molar-refractivity contribution >= 4 is 33.4 Å². The van der Waals surface area contributed by atoms with E-state index in [1.165, 1.54) is 12.0 Å². The molecule has 2 rings (SSSR count). The van der Waals surface area contributed by atoms with Gasteiger partial charge in [-0.2, -0.15) is 0 Å². The Balaban J connectivity index is 1.92. The standard InChI is InChI=1S/C20H26N2O4S2/c1-16-10-11-19(26-2)18(14-16)22(28(3,24)25)15-20(23)21-12-7-13-27-17-8-5-4-6-9-17/h4-6,8-11,14H,7,12-13,15H2,1-3H3,(H,21,23). The lowest BCUT2D eigenvalue weighted by atomic mass is 10.2. The minimum absolute atomic E-state index is 0.287. The molecular formula is C20H26N2O4S2. The van der Waals surface area contributed by atoms with E-state index in [9.17, 15) is 13.2 Å². The summed E-state index contributed by atoms with van der Waals surface area (Å²) in [5.41, 5.74) is 1.24. The minimum Gasteiger partial charge on any atom is -0.495 e. The molecule has 1 amide bonds. The highest BCUT2D eigenvalue weighted by molar-refractivity contribution is 7.99. The normalized spacial score (nSPS) is 11.1. The van der Waals surface area contributed by atoms with Gasteiger partial charge in [0.25, 0.3) is 0 Å². The first-order valence-corrected chi connectivity index (χ1v) is 11.7. The first kappa shape index (κ1) is 22.1. The van der Waals surface area contributed by atoms with E-state index < -0.39 is 10.0 Å². The third kappa shape index (κ3) is 6.76. The quantitative estimate of drug-likeness (QED) is 0.470. The average Bonchev–Trinajstić information content (AvgIpc) is 2.65. The van der Waals surface area contributed by atoms with Crippen LogP contribution in [0.25, 0.3) is 0 Å². The SMILES string of the molecule is COc1ccc(C)cc1N(CC(=O)NCCCSc1ccccc1)S(C)(=O)=O. The highest BCUT2D eigenvalue weighted by Crippen LogP contribution is 2.30. The number of ether oxygens (including phenoxy) is 1. The predicted octanol–water partition coefficient (Wildman–Crippen LogP) is 3.07. The van der Waals surface area contributed by atoms with Crippen molar-refractivity contribution in [2.45, 2.75) is 18.2 Å². The van der Waals surface area contributed by atoms with E-state index in [0.717, 1.165) is 28.3 Å². The first-order chi connectivity index (χ1) is 13.3. The lowest BCUT2D eigenvalue weighted by Gasteiger charge is -2.24. The molecule has 8 heteroatoms. The van der Waals surface area contributed by atoms with Crippen molar-refractivity contribution in [3.63, 3.8) is 0 Å². The number of sulfonamides is 1. The zero-order valence-electron chi connectivity index (χ0n) is 16.3. The van der Waals surface area contributed by atoms with Gasteiger partial charge in [0, 0.05) is 11.4 Å². The summed E-state index contributed by atoms with van der Waals surface area (Å²) >= 11 is 1.72. The van der Waals surface area contributed by atoms with Crippen molar-refractivity contribution in [1.29, 1.82) is 0 Å². The molecule has 2 aromatic carbocycles. The molecule has 0 spiro atoms. The third-order valence-corrected chi connectivity index (χ3v) is 6.17. The monoisotopic (exact) mass is 422 g/mol. The Bertz CT molecular complexity index is 886. The van der Waals surface area contributed by atoms with Gasteiger partial charge in [0.15, 0.2) is 0 Å². The number of carbonyl (C=O) groups is 1. The largest absolute Gasteiger partial charge is 0.495 e. The van der Waals surface area contributed by atoms with Crippen LogP contribution in [-0.2, 0) is 14.8 Å². The molecular weight excluding hydrogens is 396 g/mol. The van der Waals surface area contributed by atoms with E-state index >= 15 is 0 Å². The summed E-state index contributed by atoms with van der Waals surface area (Å²) in [5, 5.41) is 2.79. The molecule has 0 aliphatic rings. The maximum absolute atomic E-state index is 12.3. The van der Waals surface area contributed by atoms with Gasteiger partial charge in [-0.25, -0.2) is 8.42 Å². The summed E-state index contributed by atoms with van der Waals surface area (Å²) < 4.78 is 30.9.